The second-order valence-electron chi connectivity index (χ2n) is 7.58. The number of carbonyl (C=O) groups is 1. The highest BCUT2D eigenvalue weighted by Crippen LogP contribution is 2.41. The minimum absolute atomic E-state index is 0.0424. The van der Waals surface area contributed by atoms with Crippen molar-refractivity contribution < 1.29 is 19.4 Å². The number of pyridine rings is 1. The van der Waals surface area contributed by atoms with E-state index < -0.39 is 5.60 Å². The fourth-order valence-corrected chi connectivity index (χ4v) is 2.88. The van der Waals surface area contributed by atoms with Gasteiger partial charge < -0.3 is 19.5 Å². The van der Waals surface area contributed by atoms with Crippen molar-refractivity contribution in [1.82, 2.24) is 9.88 Å². The number of aliphatic hydroxyl groups is 1. The first kappa shape index (κ1) is 17.7. The molecule has 1 aromatic heterocycles. The summed E-state index contributed by atoms with van der Waals surface area (Å²) in [5.74, 6) is 1.06. The molecule has 1 aromatic rings. The Morgan fingerprint density at radius 2 is 2.20 bits per heavy atom. The second-order valence-corrected chi connectivity index (χ2v) is 7.58. The van der Waals surface area contributed by atoms with Gasteiger partial charge in [-0.05, 0) is 50.8 Å². The molecule has 3 rings (SSSR count). The van der Waals surface area contributed by atoms with Crippen LogP contribution in [0, 0.1) is 5.92 Å². The number of nitrogens with zero attached hydrogens (tertiary/aromatic N) is 2. The third-order valence-electron chi connectivity index (χ3n) is 4.37. The number of amides is 1. The Bertz CT molecular complexity index is 666. The molecule has 1 aliphatic carbocycles. The summed E-state index contributed by atoms with van der Waals surface area (Å²) in [6.45, 7) is 6.93. The number of aromatic nitrogens is 1. The van der Waals surface area contributed by atoms with Crippen LogP contribution >= 0.6 is 0 Å². The molecule has 25 heavy (non-hydrogen) atoms. The largest absolute Gasteiger partial charge is 0.490 e. The maximum absolute atomic E-state index is 12.1. The van der Waals surface area contributed by atoms with Crippen molar-refractivity contribution in [3.05, 3.63) is 30.1 Å². The Morgan fingerprint density at radius 3 is 2.84 bits per heavy atom. The number of carbonyl (C=O) groups excluding carboxylic acids is 1. The van der Waals surface area contributed by atoms with Gasteiger partial charge in [0.15, 0.2) is 0 Å². The van der Waals surface area contributed by atoms with Gasteiger partial charge in [0.1, 0.15) is 18.0 Å². The quantitative estimate of drug-likeness (QED) is 0.857. The van der Waals surface area contributed by atoms with Crippen molar-refractivity contribution in [3.63, 3.8) is 0 Å². The smallest absolute Gasteiger partial charge is 0.410 e. The molecule has 6 heteroatoms. The van der Waals surface area contributed by atoms with E-state index in [2.05, 4.69) is 11.1 Å². The molecule has 1 amide bonds. The summed E-state index contributed by atoms with van der Waals surface area (Å²) in [5, 5.41) is 9.00. The fraction of sp³-hybridized carbons (Fsp3) is 0.579. The summed E-state index contributed by atoms with van der Waals surface area (Å²) < 4.78 is 11.3. The molecule has 0 spiro atoms. The van der Waals surface area contributed by atoms with E-state index in [1.807, 2.05) is 33.0 Å². The second kappa shape index (κ2) is 7.04. The highest BCUT2D eigenvalue weighted by atomic mass is 16.6. The van der Waals surface area contributed by atoms with E-state index in [1.54, 1.807) is 11.1 Å². The first-order valence-electron chi connectivity index (χ1n) is 8.78. The van der Waals surface area contributed by atoms with Crippen molar-refractivity contribution in [2.24, 2.45) is 5.92 Å². The average Bonchev–Trinajstić information content (AvgIpc) is 3.24. The summed E-state index contributed by atoms with van der Waals surface area (Å²) in [5.41, 5.74) is 1.76. The van der Waals surface area contributed by atoms with Crippen LogP contribution in [0.2, 0.25) is 0 Å². The van der Waals surface area contributed by atoms with Crippen LogP contribution in [0.3, 0.4) is 0 Å². The minimum Gasteiger partial charge on any atom is -0.490 e. The van der Waals surface area contributed by atoms with Crippen molar-refractivity contribution in [3.8, 4) is 5.75 Å². The fourth-order valence-electron chi connectivity index (χ4n) is 2.88. The molecule has 2 aliphatic rings. The topological polar surface area (TPSA) is 71.9 Å². The van der Waals surface area contributed by atoms with E-state index in [0.717, 1.165) is 18.4 Å². The predicted octanol–water partition coefficient (Wildman–Crippen LogP) is 2.87. The molecule has 2 atom stereocenters. The zero-order valence-electron chi connectivity index (χ0n) is 15.1. The summed E-state index contributed by atoms with van der Waals surface area (Å²) in [6, 6.07) is 2.01. The molecule has 1 aliphatic heterocycles. The summed E-state index contributed by atoms with van der Waals surface area (Å²) in [4.78, 5) is 18.1. The van der Waals surface area contributed by atoms with Gasteiger partial charge in [0.2, 0.25) is 0 Å². The normalized spacial score (nSPS) is 22.1. The number of allylic oxidation sites excluding steroid dienone is 2. The van der Waals surface area contributed by atoms with Crippen LogP contribution < -0.4 is 4.74 Å². The van der Waals surface area contributed by atoms with Crippen molar-refractivity contribution in [2.45, 2.75) is 45.3 Å². The Balaban J connectivity index is 1.51. The zero-order chi connectivity index (χ0) is 18.0. The van der Waals surface area contributed by atoms with Gasteiger partial charge in [-0.15, -0.1) is 0 Å². The molecule has 0 saturated carbocycles. The van der Waals surface area contributed by atoms with Gasteiger partial charge in [0.05, 0.1) is 12.2 Å². The number of rotatable bonds is 6. The SMILES string of the molecule is CC(C)(C)OC(=O)N1CCC1COc1cncc(C2=CC2CCO)c1. The van der Waals surface area contributed by atoms with Crippen molar-refractivity contribution in [1.29, 1.82) is 0 Å². The Hall–Kier alpha value is -2.08. The monoisotopic (exact) mass is 346 g/mol. The molecule has 6 nitrogen and oxygen atoms in total. The number of likely N-dealkylation sites (tertiary alicyclic amines) is 1. The minimum atomic E-state index is -0.487. The van der Waals surface area contributed by atoms with E-state index in [0.29, 0.717) is 24.8 Å². The molecule has 0 bridgehead atoms. The van der Waals surface area contributed by atoms with Crippen LogP contribution in [0.4, 0.5) is 4.79 Å². The number of aliphatic hydroxyl groups excluding tert-OH is 1. The molecule has 1 saturated heterocycles. The van der Waals surface area contributed by atoms with Crippen LogP contribution in [0.1, 0.15) is 39.2 Å². The lowest BCUT2D eigenvalue weighted by Crippen LogP contribution is -2.55. The van der Waals surface area contributed by atoms with Gasteiger partial charge in [0, 0.05) is 25.3 Å². The maximum atomic E-state index is 12.1. The molecule has 1 N–H and O–H groups in total. The van der Waals surface area contributed by atoms with Crippen molar-refractivity contribution >= 4 is 11.7 Å². The van der Waals surface area contributed by atoms with E-state index in [9.17, 15) is 4.79 Å². The third kappa shape index (κ3) is 4.51. The summed E-state index contributed by atoms with van der Waals surface area (Å²) in [6.07, 6.45) is 7.02. The number of hydrogen-bond donors (Lipinski definition) is 1. The zero-order valence-corrected chi connectivity index (χ0v) is 15.1. The molecule has 0 radical (unpaired) electrons. The third-order valence-corrected chi connectivity index (χ3v) is 4.37. The van der Waals surface area contributed by atoms with Crippen molar-refractivity contribution in [2.75, 3.05) is 19.8 Å². The van der Waals surface area contributed by atoms with Gasteiger partial charge in [-0.1, -0.05) is 6.08 Å². The van der Waals surface area contributed by atoms with E-state index in [4.69, 9.17) is 14.6 Å². The lowest BCUT2D eigenvalue weighted by atomic mass is 10.1. The Morgan fingerprint density at radius 1 is 1.40 bits per heavy atom. The van der Waals surface area contributed by atoms with E-state index >= 15 is 0 Å². The maximum Gasteiger partial charge on any atom is 0.410 e. The highest BCUT2D eigenvalue weighted by Gasteiger charge is 2.35. The van der Waals surface area contributed by atoms with E-state index in [1.165, 1.54) is 5.57 Å². The summed E-state index contributed by atoms with van der Waals surface area (Å²) >= 11 is 0. The van der Waals surface area contributed by atoms with Gasteiger partial charge in [-0.2, -0.15) is 0 Å². The lowest BCUT2D eigenvalue weighted by molar-refractivity contribution is -0.0141. The van der Waals surface area contributed by atoms with Gasteiger partial charge in [-0.3, -0.25) is 4.98 Å². The molecular formula is C19H26N2O4. The standard InChI is InChI=1S/C19H26N2O4/c1-19(2,3)25-18(23)21-6-4-15(21)12-24-16-8-14(10-20-11-16)17-9-13(17)5-7-22/h8-11,13,15,22H,4-7,12H2,1-3H3. The number of hydrogen-bond acceptors (Lipinski definition) is 5. The highest BCUT2D eigenvalue weighted by molar-refractivity contribution is 5.80. The predicted molar refractivity (Wildman–Crippen MR) is 94.2 cm³/mol. The molecule has 1 fully saturated rings. The van der Waals surface area contributed by atoms with Crippen LogP contribution in [0.15, 0.2) is 24.5 Å². The van der Waals surface area contributed by atoms with E-state index in [-0.39, 0.29) is 18.7 Å². The lowest BCUT2D eigenvalue weighted by Gasteiger charge is -2.40. The Labute approximate surface area is 148 Å². The molecule has 0 aromatic carbocycles. The first-order valence-corrected chi connectivity index (χ1v) is 8.78. The van der Waals surface area contributed by atoms with Gasteiger partial charge in [0.25, 0.3) is 0 Å². The number of ether oxygens (including phenoxy) is 2. The van der Waals surface area contributed by atoms with Gasteiger partial charge in [-0.25, -0.2) is 4.79 Å². The average molecular weight is 346 g/mol. The van der Waals surface area contributed by atoms with Crippen LogP contribution in [0.5, 0.6) is 5.75 Å². The van der Waals surface area contributed by atoms with Crippen LogP contribution in [0.25, 0.3) is 5.57 Å². The Kier molecular flexibility index (Phi) is 4.99. The molecule has 136 valence electrons. The molecule has 2 heterocycles. The summed E-state index contributed by atoms with van der Waals surface area (Å²) in [7, 11) is 0. The first-order chi connectivity index (χ1) is 11.9. The molecular weight excluding hydrogens is 320 g/mol. The molecule has 2 unspecified atom stereocenters. The van der Waals surface area contributed by atoms with Gasteiger partial charge >= 0.3 is 6.09 Å². The van der Waals surface area contributed by atoms with Crippen LogP contribution in [-0.2, 0) is 4.74 Å². The van der Waals surface area contributed by atoms with Crippen LogP contribution in [-0.4, -0.2) is 52.5 Å².